The molecule has 4 aromatic rings. The molecule has 0 unspecified atom stereocenters. The lowest BCUT2D eigenvalue weighted by Gasteiger charge is -2.03. The molecule has 134 valence electrons. The van der Waals surface area contributed by atoms with Gasteiger partial charge in [-0.05, 0) is 77.3 Å². The molecule has 0 spiro atoms. The summed E-state index contributed by atoms with van der Waals surface area (Å²) in [5.41, 5.74) is 5.99. The zero-order valence-corrected chi connectivity index (χ0v) is 16.5. The van der Waals surface area contributed by atoms with Gasteiger partial charge in [-0.25, -0.2) is 4.98 Å². The second kappa shape index (κ2) is 7.00. The number of phenolic OH excluding ortho intramolecular Hbond substituents is 1. The quantitative estimate of drug-likeness (QED) is 0.393. The molecule has 0 bridgehead atoms. The average molecular weight is 421 g/mol. The highest BCUT2D eigenvalue weighted by molar-refractivity contribution is 9.10. The standard InChI is InChI=1S/C22H17BrN2O2/c1-13-9-15(21(26)18(23)10-13)12-24-16-7-8-20-19(11-16)25-22(27-20)17-6-4-3-5-14(17)2/h3-12,26H,1-2H3. The van der Waals surface area contributed by atoms with Gasteiger partial charge >= 0.3 is 0 Å². The Kier molecular flexibility index (Phi) is 4.54. The van der Waals surface area contributed by atoms with Crippen molar-refractivity contribution in [2.24, 2.45) is 4.99 Å². The molecule has 5 heteroatoms. The fraction of sp³-hybridized carbons (Fsp3) is 0.0909. The van der Waals surface area contributed by atoms with E-state index in [0.29, 0.717) is 21.5 Å². The molecule has 0 aliphatic rings. The van der Waals surface area contributed by atoms with Crippen LogP contribution in [0.15, 0.2) is 68.5 Å². The Bertz CT molecular complexity index is 1180. The fourth-order valence-electron chi connectivity index (χ4n) is 2.93. The Morgan fingerprint density at radius 2 is 1.89 bits per heavy atom. The fourth-order valence-corrected chi connectivity index (χ4v) is 3.52. The van der Waals surface area contributed by atoms with E-state index in [-0.39, 0.29) is 5.75 Å². The highest BCUT2D eigenvalue weighted by Gasteiger charge is 2.10. The first kappa shape index (κ1) is 17.5. The minimum atomic E-state index is 0.175. The minimum Gasteiger partial charge on any atom is -0.506 e. The van der Waals surface area contributed by atoms with Crippen LogP contribution in [0, 0.1) is 13.8 Å². The van der Waals surface area contributed by atoms with Gasteiger partial charge in [0.15, 0.2) is 5.58 Å². The SMILES string of the molecule is Cc1cc(Br)c(O)c(C=Nc2ccc3oc(-c4ccccc4C)nc3c2)c1. The van der Waals surface area contributed by atoms with Gasteiger partial charge in [-0.3, -0.25) is 4.99 Å². The van der Waals surface area contributed by atoms with Gasteiger partial charge in [0.25, 0.3) is 0 Å². The summed E-state index contributed by atoms with van der Waals surface area (Å²) in [4.78, 5) is 9.09. The van der Waals surface area contributed by atoms with Gasteiger partial charge in [0.1, 0.15) is 11.3 Å². The summed E-state index contributed by atoms with van der Waals surface area (Å²) in [6.45, 7) is 4.00. The summed E-state index contributed by atoms with van der Waals surface area (Å²) in [6, 6.07) is 17.3. The first-order valence-corrected chi connectivity index (χ1v) is 9.30. The Morgan fingerprint density at radius 3 is 2.70 bits per heavy atom. The van der Waals surface area contributed by atoms with Gasteiger partial charge in [-0.15, -0.1) is 0 Å². The van der Waals surface area contributed by atoms with Gasteiger partial charge in [0, 0.05) is 17.3 Å². The maximum absolute atomic E-state index is 10.2. The molecule has 27 heavy (non-hydrogen) atoms. The molecule has 0 amide bonds. The Morgan fingerprint density at radius 1 is 1.07 bits per heavy atom. The number of oxazole rings is 1. The molecule has 1 N–H and O–H groups in total. The highest BCUT2D eigenvalue weighted by atomic mass is 79.9. The van der Waals surface area contributed by atoms with Crippen molar-refractivity contribution in [2.45, 2.75) is 13.8 Å². The van der Waals surface area contributed by atoms with Crippen molar-refractivity contribution in [2.75, 3.05) is 0 Å². The predicted molar refractivity (Wildman–Crippen MR) is 112 cm³/mol. The average Bonchev–Trinajstić information content (AvgIpc) is 3.07. The number of hydrogen-bond acceptors (Lipinski definition) is 4. The number of aromatic hydroxyl groups is 1. The molecule has 4 nitrogen and oxygen atoms in total. The van der Waals surface area contributed by atoms with Gasteiger partial charge < -0.3 is 9.52 Å². The summed E-state index contributed by atoms with van der Waals surface area (Å²) in [5, 5.41) is 10.2. The van der Waals surface area contributed by atoms with E-state index in [9.17, 15) is 5.11 Å². The van der Waals surface area contributed by atoms with E-state index >= 15 is 0 Å². The Hall–Kier alpha value is -2.92. The van der Waals surface area contributed by atoms with Crippen molar-refractivity contribution in [3.63, 3.8) is 0 Å². The number of halogens is 1. The van der Waals surface area contributed by atoms with Crippen LogP contribution in [0.4, 0.5) is 5.69 Å². The van der Waals surface area contributed by atoms with Crippen LogP contribution < -0.4 is 0 Å². The van der Waals surface area contributed by atoms with Crippen LogP contribution in [0.2, 0.25) is 0 Å². The van der Waals surface area contributed by atoms with Crippen molar-refractivity contribution >= 4 is 38.9 Å². The van der Waals surface area contributed by atoms with Gasteiger partial charge in [-0.2, -0.15) is 0 Å². The van der Waals surface area contributed by atoms with Crippen molar-refractivity contribution in [1.82, 2.24) is 4.98 Å². The number of aliphatic imine (C=N–C) groups is 1. The van der Waals surface area contributed by atoms with Crippen molar-refractivity contribution in [3.05, 3.63) is 75.8 Å². The predicted octanol–water partition coefficient (Wildman–Crippen LogP) is 6.33. The zero-order chi connectivity index (χ0) is 19.0. The van der Waals surface area contributed by atoms with E-state index in [2.05, 4.69) is 25.9 Å². The second-order valence-corrected chi connectivity index (χ2v) is 7.28. The third-order valence-electron chi connectivity index (χ3n) is 4.34. The molecule has 0 saturated carbocycles. The largest absolute Gasteiger partial charge is 0.506 e. The molecule has 0 fully saturated rings. The van der Waals surface area contributed by atoms with Crippen molar-refractivity contribution in [3.8, 4) is 17.2 Å². The first-order chi connectivity index (χ1) is 13.0. The lowest BCUT2D eigenvalue weighted by atomic mass is 10.1. The number of phenols is 1. The van der Waals surface area contributed by atoms with Crippen LogP contribution in [0.3, 0.4) is 0 Å². The van der Waals surface area contributed by atoms with E-state index in [1.807, 2.05) is 68.4 Å². The van der Waals surface area contributed by atoms with E-state index in [4.69, 9.17) is 4.42 Å². The third-order valence-corrected chi connectivity index (χ3v) is 4.94. The maximum Gasteiger partial charge on any atom is 0.227 e. The van der Waals surface area contributed by atoms with E-state index in [1.165, 1.54) is 0 Å². The third kappa shape index (κ3) is 3.51. The number of fused-ring (bicyclic) bond motifs is 1. The van der Waals surface area contributed by atoms with Crippen LogP contribution in [0.25, 0.3) is 22.6 Å². The van der Waals surface area contributed by atoms with Crippen LogP contribution in [0.1, 0.15) is 16.7 Å². The number of aromatic nitrogens is 1. The molecule has 1 aromatic heterocycles. The highest BCUT2D eigenvalue weighted by Crippen LogP contribution is 2.30. The van der Waals surface area contributed by atoms with E-state index in [0.717, 1.165) is 27.9 Å². The topological polar surface area (TPSA) is 58.6 Å². The number of nitrogens with zero attached hydrogens (tertiary/aromatic N) is 2. The molecule has 0 saturated heterocycles. The number of hydrogen-bond donors (Lipinski definition) is 1. The molecule has 0 aliphatic carbocycles. The smallest absolute Gasteiger partial charge is 0.227 e. The summed E-state index contributed by atoms with van der Waals surface area (Å²) in [5.74, 6) is 0.776. The summed E-state index contributed by atoms with van der Waals surface area (Å²) >= 11 is 3.35. The summed E-state index contributed by atoms with van der Waals surface area (Å²) in [7, 11) is 0. The normalized spacial score (nSPS) is 11.5. The van der Waals surface area contributed by atoms with Crippen LogP contribution in [0.5, 0.6) is 5.75 Å². The Labute approximate surface area is 165 Å². The molecular formula is C22H17BrN2O2. The molecule has 3 aromatic carbocycles. The van der Waals surface area contributed by atoms with Crippen LogP contribution in [-0.4, -0.2) is 16.3 Å². The lowest BCUT2D eigenvalue weighted by Crippen LogP contribution is -1.86. The summed E-state index contributed by atoms with van der Waals surface area (Å²) < 4.78 is 6.55. The number of aryl methyl sites for hydroxylation is 2. The molecule has 0 radical (unpaired) electrons. The first-order valence-electron chi connectivity index (χ1n) is 8.51. The van der Waals surface area contributed by atoms with Gasteiger partial charge in [0.2, 0.25) is 5.89 Å². The maximum atomic E-state index is 10.2. The monoisotopic (exact) mass is 420 g/mol. The number of rotatable bonds is 3. The second-order valence-electron chi connectivity index (χ2n) is 6.43. The van der Waals surface area contributed by atoms with Gasteiger partial charge in [-0.1, -0.05) is 18.2 Å². The lowest BCUT2D eigenvalue weighted by molar-refractivity contribution is 0.471. The zero-order valence-electron chi connectivity index (χ0n) is 14.9. The number of benzene rings is 3. The molecule has 4 rings (SSSR count). The minimum absolute atomic E-state index is 0.175. The molecule has 1 heterocycles. The van der Waals surface area contributed by atoms with E-state index < -0.39 is 0 Å². The summed E-state index contributed by atoms with van der Waals surface area (Å²) in [6.07, 6.45) is 1.65. The van der Waals surface area contributed by atoms with Gasteiger partial charge in [0.05, 0.1) is 10.2 Å². The molecular weight excluding hydrogens is 404 g/mol. The van der Waals surface area contributed by atoms with Crippen molar-refractivity contribution in [1.29, 1.82) is 0 Å². The molecule has 0 atom stereocenters. The molecule has 0 aliphatic heterocycles. The Balaban J connectivity index is 1.69. The van der Waals surface area contributed by atoms with Crippen molar-refractivity contribution < 1.29 is 9.52 Å². The van der Waals surface area contributed by atoms with E-state index in [1.54, 1.807) is 6.21 Å². The van der Waals surface area contributed by atoms with Crippen LogP contribution in [-0.2, 0) is 0 Å². The van der Waals surface area contributed by atoms with Crippen LogP contribution >= 0.6 is 15.9 Å².